The molecule has 1 fully saturated rings. The van der Waals surface area contributed by atoms with Crippen molar-refractivity contribution in [1.82, 2.24) is 14.9 Å². The molecule has 1 heterocycles. The van der Waals surface area contributed by atoms with Gasteiger partial charge < -0.3 is 9.88 Å². The molecule has 0 bridgehead atoms. The molecule has 1 aliphatic rings. The fourth-order valence-electron chi connectivity index (χ4n) is 3.03. The van der Waals surface area contributed by atoms with Crippen molar-refractivity contribution in [3.8, 4) is 11.4 Å². The van der Waals surface area contributed by atoms with Crippen LogP contribution >= 0.6 is 0 Å². The van der Waals surface area contributed by atoms with Gasteiger partial charge in [0.15, 0.2) is 0 Å². The molecule has 0 radical (unpaired) electrons. The zero-order chi connectivity index (χ0) is 16.1. The zero-order valence-electron chi connectivity index (χ0n) is 14.5. The van der Waals surface area contributed by atoms with E-state index in [2.05, 4.69) is 60.3 Å². The van der Waals surface area contributed by atoms with Crippen LogP contribution in [0.1, 0.15) is 64.1 Å². The van der Waals surface area contributed by atoms with Crippen molar-refractivity contribution in [3.05, 3.63) is 42.2 Å². The minimum atomic E-state index is 0.335. The summed E-state index contributed by atoms with van der Waals surface area (Å²) in [6, 6.07) is 11.6. The van der Waals surface area contributed by atoms with E-state index in [1.807, 2.05) is 0 Å². The molecule has 1 aromatic heterocycles. The van der Waals surface area contributed by atoms with Crippen molar-refractivity contribution in [2.24, 2.45) is 0 Å². The minimum Gasteiger partial charge on any atom is -0.331 e. The Balaban J connectivity index is 1.77. The molecule has 124 valence electrons. The summed E-state index contributed by atoms with van der Waals surface area (Å²) in [5.41, 5.74) is 2.39. The van der Waals surface area contributed by atoms with E-state index in [0.29, 0.717) is 12.1 Å². The maximum absolute atomic E-state index is 4.96. The molecule has 3 heteroatoms. The lowest BCUT2D eigenvalue weighted by atomic mass is 10.2. The van der Waals surface area contributed by atoms with E-state index in [-0.39, 0.29) is 0 Å². The van der Waals surface area contributed by atoms with Gasteiger partial charge in [0, 0.05) is 30.4 Å². The third kappa shape index (κ3) is 4.44. The summed E-state index contributed by atoms with van der Waals surface area (Å²) in [6.07, 6.45) is 10.0. The summed E-state index contributed by atoms with van der Waals surface area (Å²) in [6.45, 7) is 5.56. The van der Waals surface area contributed by atoms with Crippen LogP contribution in [0, 0.1) is 0 Å². The van der Waals surface area contributed by atoms with E-state index in [1.54, 1.807) is 0 Å². The second kappa shape index (κ2) is 7.78. The highest BCUT2D eigenvalue weighted by Gasteiger charge is 2.24. The summed E-state index contributed by atoms with van der Waals surface area (Å²) in [5, 5.41) is 3.66. The molecule has 23 heavy (non-hydrogen) atoms. The van der Waals surface area contributed by atoms with Gasteiger partial charge in [0.25, 0.3) is 0 Å². The first-order chi connectivity index (χ1) is 11.3. The lowest BCUT2D eigenvalue weighted by Crippen LogP contribution is -2.20. The normalized spacial score (nSPS) is 15.7. The molecule has 1 saturated carbocycles. The number of nitrogens with zero attached hydrogens (tertiary/aromatic N) is 2. The van der Waals surface area contributed by atoms with Crippen LogP contribution in [0.25, 0.3) is 11.4 Å². The van der Waals surface area contributed by atoms with Gasteiger partial charge in [-0.2, -0.15) is 0 Å². The van der Waals surface area contributed by atoms with Gasteiger partial charge in [-0.15, -0.1) is 0 Å². The van der Waals surface area contributed by atoms with Crippen LogP contribution < -0.4 is 5.32 Å². The molecule has 2 aromatic rings. The summed E-state index contributed by atoms with van der Waals surface area (Å²) >= 11 is 0. The number of nitrogens with one attached hydrogen (secondary N) is 1. The van der Waals surface area contributed by atoms with Crippen LogP contribution in [-0.4, -0.2) is 15.6 Å². The molecular formula is C20H29N3. The predicted octanol–water partition coefficient (Wildman–Crippen LogP) is 4.94. The molecule has 1 aromatic carbocycles. The number of rotatable bonds is 9. The molecule has 1 aliphatic carbocycles. The van der Waals surface area contributed by atoms with Crippen molar-refractivity contribution in [2.75, 3.05) is 0 Å². The average Bonchev–Trinajstić information content (AvgIpc) is 3.28. The summed E-state index contributed by atoms with van der Waals surface area (Å²) in [7, 11) is 0. The average molecular weight is 311 g/mol. The Morgan fingerprint density at radius 1 is 1.17 bits per heavy atom. The van der Waals surface area contributed by atoms with Crippen LogP contribution in [0.5, 0.6) is 0 Å². The lowest BCUT2D eigenvalue weighted by molar-refractivity contribution is 0.556. The first-order valence-corrected chi connectivity index (χ1v) is 9.16. The molecule has 0 aliphatic heterocycles. The highest BCUT2D eigenvalue weighted by molar-refractivity contribution is 5.55. The highest BCUT2D eigenvalue weighted by Crippen LogP contribution is 2.26. The maximum atomic E-state index is 4.96. The zero-order valence-corrected chi connectivity index (χ0v) is 14.5. The molecule has 1 N–H and O–H groups in total. The number of aryl methyl sites for hydroxylation is 1. The van der Waals surface area contributed by atoms with E-state index in [4.69, 9.17) is 4.98 Å². The first-order valence-electron chi connectivity index (χ1n) is 9.16. The van der Waals surface area contributed by atoms with Gasteiger partial charge in [-0.3, -0.25) is 0 Å². The van der Waals surface area contributed by atoms with E-state index in [0.717, 1.165) is 12.4 Å². The van der Waals surface area contributed by atoms with Crippen molar-refractivity contribution in [1.29, 1.82) is 0 Å². The molecule has 0 spiro atoms. The first kappa shape index (κ1) is 16.3. The van der Waals surface area contributed by atoms with Crippen molar-refractivity contribution in [3.63, 3.8) is 0 Å². The molecule has 3 nitrogen and oxygen atoms in total. The van der Waals surface area contributed by atoms with E-state index < -0.39 is 0 Å². The highest BCUT2D eigenvalue weighted by atomic mass is 15.1. The van der Waals surface area contributed by atoms with Crippen molar-refractivity contribution in [2.45, 2.75) is 71.0 Å². The van der Waals surface area contributed by atoms with Gasteiger partial charge in [-0.25, -0.2) is 4.98 Å². The van der Waals surface area contributed by atoms with Gasteiger partial charge in [-0.1, -0.05) is 56.5 Å². The third-order valence-electron chi connectivity index (χ3n) is 4.59. The Morgan fingerprint density at radius 2 is 1.96 bits per heavy atom. The molecule has 0 amide bonds. The van der Waals surface area contributed by atoms with Crippen LogP contribution in [0.15, 0.2) is 36.5 Å². The maximum Gasteiger partial charge on any atom is 0.140 e. The van der Waals surface area contributed by atoms with Crippen LogP contribution in [0.4, 0.5) is 0 Å². The second-order valence-corrected chi connectivity index (χ2v) is 6.77. The Morgan fingerprint density at radius 3 is 2.65 bits per heavy atom. The molecule has 1 unspecified atom stereocenters. The number of benzene rings is 1. The van der Waals surface area contributed by atoms with E-state index in [9.17, 15) is 0 Å². The second-order valence-electron chi connectivity index (χ2n) is 6.77. The predicted molar refractivity (Wildman–Crippen MR) is 96.4 cm³/mol. The molecule has 1 atom stereocenters. The number of hydrogen-bond donors (Lipinski definition) is 1. The van der Waals surface area contributed by atoms with Gasteiger partial charge in [0.1, 0.15) is 5.82 Å². The van der Waals surface area contributed by atoms with Gasteiger partial charge >= 0.3 is 0 Å². The summed E-state index contributed by atoms with van der Waals surface area (Å²) in [5.74, 6) is 1.11. The van der Waals surface area contributed by atoms with E-state index >= 15 is 0 Å². The van der Waals surface area contributed by atoms with Gasteiger partial charge in [0.05, 0.1) is 5.69 Å². The Kier molecular flexibility index (Phi) is 5.50. The van der Waals surface area contributed by atoms with Crippen molar-refractivity contribution < 1.29 is 0 Å². The third-order valence-corrected chi connectivity index (χ3v) is 4.59. The SMILES string of the molecule is CCCCCCn1cc(C(C)NC2CC2)nc1-c1ccccc1. The number of aromatic nitrogens is 2. The standard InChI is InChI=1S/C20H29N3/c1-3-4-5-9-14-23-15-19(16(2)21-18-12-13-18)22-20(23)17-10-7-6-8-11-17/h6-8,10-11,15-16,18,21H,3-5,9,12-14H2,1-2H3. The Labute approximate surface area is 140 Å². The molecule has 0 saturated heterocycles. The number of imidazole rings is 1. The summed E-state index contributed by atoms with van der Waals surface area (Å²) in [4.78, 5) is 4.96. The Hall–Kier alpha value is -1.61. The van der Waals surface area contributed by atoms with Crippen LogP contribution in [-0.2, 0) is 6.54 Å². The fraction of sp³-hybridized carbons (Fsp3) is 0.550. The smallest absolute Gasteiger partial charge is 0.140 e. The van der Waals surface area contributed by atoms with Gasteiger partial charge in [0.2, 0.25) is 0 Å². The largest absolute Gasteiger partial charge is 0.331 e. The van der Waals surface area contributed by atoms with E-state index in [1.165, 1.54) is 49.8 Å². The van der Waals surface area contributed by atoms with Crippen molar-refractivity contribution >= 4 is 0 Å². The van der Waals surface area contributed by atoms with Crippen LogP contribution in [0.3, 0.4) is 0 Å². The Bertz CT molecular complexity index is 599. The summed E-state index contributed by atoms with van der Waals surface area (Å²) < 4.78 is 2.35. The quantitative estimate of drug-likeness (QED) is 0.664. The molecular weight excluding hydrogens is 282 g/mol. The number of unbranched alkanes of at least 4 members (excludes halogenated alkanes) is 3. The topological polar surface area (TPSA) is 29.9 Å². The number of hydrogen-bond acceptors (Lipinski definition) is 2. The minimum absolute atomic E-state index is 0.335. The fourth-order valence-corrected chi connectivity index (χ4v) is 3.03. The molecule has 3 rings (SSSR count). The monoisotopic (exact) mass is 311 g/mol. The lowest BCUT2D eigenvalue weighted by Gasteiger charge is -2.09. The van der Waals surface area contributed by atoms with Crippen LogP contribution in [0.2, 0.25) is 0 Å². The van der Waals surface area contributed by atoms with Gasteiger partial charge in [-0.05, 0) is 26.2 Å².